The Hall–Kier alpha value is -1.31. The van der Waals surface area contributed by atoms with Crippen molar-refractivity contribution in [3.63, 3.8) is 0 Å². The zero-order chi connectivity index (χ0) is 14.9. The molecule has 20 heavy (non-hydrogen) atoms. The number of carboxylic acid groups (broad SMARTS) is 1. The summed E-state index contributed by atoms with van der Waals surface area (Å²) in [6, 6.07) is 0. The van der Waals surface area contributed by atoms with Crippen molar-refractivity contribution in [1.82, 2.24) is 0 Å². The fraction of sp³-hybridized carbons (Fsp3) is 0.611. The molecule has 2 heteroatoms. The maximum absolute atomic E-state index is 10.3. The van der Waals surface area contributed by atoms with Crippen molar-refractivity contribution in [2.24, 2.45) is 0 Å². The van der Waals surface area contributed by atoms with Gasteiger partial charge in [-0.3, -0.25) is 4.79 Å². The van der Waals surface area contributed by atoms with Crippen LogP contribution in [0.5, 0.6) is 0 Å². The number of carbonyl (C=O) groups is 1. The van der Waals surface area contributed by atoms with E-state index in [1.165, 1.54) is 12.8 Å². The Labute approximate surface area is 124 Å². The van der Waals surface area contributed by atoms with E-state index in [1.807, 2.05) is 0 Å². The van der Waals surface area contributed by atoms with Crippen LogP contribution in [-0.2, 0) is 4.79 Å². The molecule has 0 aromatic carbocycles. The quantitative estimate of drug-likeness (QED) is 0.268. The minimum atomic E-state index is -0.676. The molecule has 0 fully saturated rings. The van der Waals surface area contributed by atoms with Gasteiger partial charge < -0.3 is 5.11 Å². The zero-order valence-electron chi connectivity index (χ0n) is 12.9. The van der Waals surface area contributed by atoms with Crippen LogP contribution >= 0.6 is 0 Å². The van der Waals surface area contributed by atoms with Gasteiger partial charge in [-0.2, -0.15) is 0 Å². The van der Waals surface area contributed by atoms with Crippen LogP contribution in [0.3, 0.4) is 0 Å². The summed E-state index contributed by atoms with van der Waals surface area (Å²) < 4.78 is 0. The standard InChI is InChI=1S/C18H30O2/c1-2-3-4-5-6-7-8-9-10-11-12-13-14-15-16-17-18(19)20/h3-4,7-10H,2,5-6,11-17H2,1H3,(H,19,20)/b4-3+,8-7+,10-9-. The Morgan fingerprint density at radius 1 is 0.800 bits per heavy atom. The zero-order valence-corrected chi connectivity index (χ0v) is 12.9. The molecule has 0 aromatic rings. The van der Waals surface area contributed by atoms with Crippen molar-refractivity contribution < 1.29 is 9.90 Å². The van der Waals surface area contributed by atoms with Gasteiger partial charge in [0.25, 0.3) is 0 Å². The predicted octanol–water partition coefficient (Wildman–Crippen LogP) is 5.66. The third kappa shape index (κ3) is 16.7. The Kier molecular flexibility index (Phi) is 14.7. The maximum atomic E-state index is 10.3. The molecule has 0 aliphatic heterocycles. The van der Waals surface area contributed by atoms with Gasteiger partial charge in [0.2, 0.25) is 0 Å². The van der Waals surface area contributed by atoms with Gasteiger partial charge in [0.15, 0.2) is 0 Å². The lowest BCUT2D eigenvalue weighted by molar-refractivity contribution is -0.137. The molecule has 0 bridgehead atoms. The Bertz CT molecular complexity index is 301. The SMILES string of the molecule is CC/C=C/CC/C=C/C=C\CCCCCCCC(=O)O. The molecule has 0 amide bonds. The van der Waals surface area contributed by atoms with Crippen LogP contribution in [0.2, 0.25) is 0 Å². The minimum absolute atomic E-state index is 0.318. The smallest absolute Gasteiger partial charge is 0.303 e. The molecule has 114 valence electrons. The van der Waals surface area contributed by atoms with E-state index in [-0.39, 0.29) is 0 Å². The lowest BCUT2D eigenvalue weighted by Gasteiger charge is -1.97. The summed E-state index contributed by atoms with van der Waals surface area (Å²) in [5.41, 5.74) is 0. The number of hydrogen-bond donors (Lipinski definition) is 1. The van der Waals surface area contributed by atoms with Crippen LogP contribution in [0.25, 0.3) is 0 Å². The topological polar surface area (TPSA) is 37.3 Å². The summed E-state index contributed by atoms with van der Waals surface area (Å²) in [6.07, 6.45) is 23.4. The second kappa shape index (κ2) is 15.7. The van der Waals surface area contributed by atoms with E-state index in [2.05, 4.69) is 43.4 Å². The first-order chi connectivity index (χ1) is 9.77. The van der Waals surface area contributed by atoms with E-state index in [0.29, 0.717) is 6.42 Å². The van der Waals surface area contributed by atoms with E-state index in [4.69, 9.17) is 5.11 Å². The van der Waals surface area contributed by atoms with Gasteiger partial charge in [-0.1, -0.05) is 62.6 Å². The molecule has 0 atom stereocenters. The first kappa shape index (κ1) is 18.7. The molecule has 0 heterocycles. The molecule has 0 saturated heterocycles. The number of allylic oxidation sites excluding steroid dienone is 6. The summed E-state index contributed by atoms with van der Waals surface area (Å²) >= 11 is 0. The van der Waals surface area contributed by atoms with Crippen LogP contribution in [0.1, 0.15) is 71.1 Å². The van der Waals surface area contributed by atoms with Crippen LogP contribution in [0.4, 0.5) is 0 Å². The first-order valence-corrected chi connectivity index (χ1v) is 7.95. The van der Waals surface area contributed by atoms with Crippen molar-refractivity contribution in [3.8, 4) is 0 Å². The van der Waals surface area contributed by atoms with Crippen LogP contribution < -0.4 is 0 Å². The van der Waals surface area contributed by atoms with E-state index >= 15 is 0 Å². The van der Waals surface area contributed by atoms with Gasteiger partial charge in [-0.25, -0.2) is 0 Å². The largest absolute Gasteiger partial charge is 0.481 e. The molecule has 0 rings (SSSR count). The van der Waals surface area contributed by atoms with E-state index in [1.54, 1.807) is 0 Å². The average Bonchev–Trinajstić information content (AvgIpc) is 2.43. The highest BCUT2D eigenvalue weighted by molar-refractivity contribution is 5.66. The maximum Gasteiger partial charge on any atom is 0.303 e. The Balaban J connectivity index is 3.25. The Morgan fingerprint density at radius 2 is 1.40 bits per heavy atom. The summed E-state index contributed by atoms with van der Waals surface area (Å²) in [7, 11) is 0. The summed E-state index contributed by atoms with van der Waals surface area (Å²) in [5, 5.41) is 8.50. The van der Waals surface area contributed by atoms with Crippen molar-refractivity contribution in [2.75, 3.05) is 0 Å². The monoisotopic (exact) mass is 278 g/mol. The van der Waals surface area contributed by atoms with Gasteiger partial charge in [0, 0.05) is 6.42 Å². The van der Waals surface area contributed by atoms with Crippen molar-refractivity contribution in [2.45, 2.75) is 71.1 Å². The predicted molar refractivity (Wildman–Crippen MR) is 86.9 cm³/mol. The minimum Gasteiger partial charge on any atom is -0.481 e. The number of hydrogen-bond acceptors (Lipinski definition) is 1. The Morgan fingerprint density at radius 3 is 2.10 bits per heavy atom. The molecule has 0 saturated carbocycles. The van der Waals surface area contributed by atoms with E-state index in [0.717, 1.165) is 44.9 Å². The lowest BCUT2D eigenvalue weighted by Crippen LogP contribution is -1.93. The molecule has 0 aliphatic carbocycles. The van der Waals surface area contributed by atoms with Gasteiger partial charge in [0.1, 0.15) is 0 Å². The average molecular weight is 278 g/mol. The molecule has 0 unspecified atom stereocenters. The number of carboxylic acids is 1. The third-order valence-electron chi connectivity index (χ3n) is 3.05. The van der Waals surface area contributed by atoms with Crippen molar-refractivity contribution in [3.05, 3.63) is 36.5 Å². The highest BCUT2D eigenvalue weighted by atomic mass is 16.4. The molecular formula is C18H30O2. The van der Waals surface area contributed by atoms with Crippen molar-refractivity contribution >= 4 is 5.97 Å². The molecule has 0 spiro atoms. The first-order valence-electron chi connectivity index (χ1n) is 7.95. The molecule has 1 N–H and O–H groups in total. The highest BCUT2D eigenvalue weighted by Crippen LogP contribution is 2.07. The second-order valence-corrected chi connectivity index (χ2v) is 5.01. The van der Waals surface area contributed by atoms with Gasteiger partial charge in [-0.15, -0.1) is 0 Å². The molecular weight excluding hydrogens is 248 g/mol. The second-order valence-electron chi connectivity index (χ2n) is 5.01. The third-order valence-corrected chi connectivity index (χ3v) is 3.05. The van der Waals surface area contributed by atoms with Gasteiger partial charge in [0.05, 0.1) is 0 Å². The summed E-state index contributed by atoms with van der Waals surface area (Å²) in [5.74, 6) is -0.676. The van der Waals surface area contributed by atoms with Crippen LogP contribution in [0.15, 0.2) is 36.5 Å². The number of aliphatic carboxylic acids is 1. The normalized spacial score (nSPS) is 12.1. The number of unbranched alkanes of at least 4 members (excludes halogenated alkanes) is 6. The summed E-state index contributed by atoms with van der Waals surface area (Å²) in [6.45, 7) is 2.15. The fourth-order valence-corrected chi connectivity index (χ4v) is 1.90. The van der Waals surface area contributed by atoms with E-state index < -0.39 is 5.97 Å². The van der Waals surface area contributed by atoms with Crippen LogP contribution in [-0.4, -0.2) is 11.1 Å². The lowest BCUT2D eigenvalue weighted by atomic mass is 10.1. The molecule has 0 radical (unpaired) electrons. The number of rotatable bonds is 13. The van der Waals surface area contributed by atoms with Gasteiger partial charge >= 0.3 is 5.97 Å². The van der Waals surface area contributed by atoms with Crippen molar-refractivity contribution in [1.29, 1.82) is 0 Å². The van der Waals surface area contributed by atoms with Crippen LogP contribution in [0, 0.1) is 0 Å². The summed E-state index contributed by atoms with van der Waals surface area (Å²) in [4.78, 5) is 10.3. The molecule has 2 nitrogen and oxygen atoms in total. The van der Waals surface area contributed by atoms with Gasteiger partial charge in [-0.05, 0) is 38.5 Å². The molecule has 0 aromatic heterocycles. The molecule has 0 aliphatic rings. The highest BCUT2D eigenvalue weighted by Gasteiger charge is 1.95. The fourth-order valence-electron chi connectivity index (χ4n) is 1.90. The van der Waals surface area contributed by atoms with E-state index in [9.17, 15) is 4.79 Å².